The van der Waals surface area contributed by atoms with Crippen molar-refractivity contribution in [2.75, 3.05) is 13.7 Å². The van der Waals surface area contributed by atoms with Crippen molar-refractivity contribution in [1.29, 1.82) is 0 Å². The van der Waals surface area contributed by atoms with Gasteiger partial charge in [-0.25, -0.2) is 0 Å². The first-order chi connectivity index (χ1) is 12.1. The van der Waals surface area contributed by atoms with Gasteiger partial charge in [-0.2, -0.15) is 5.10 Å². The summed E-state index contributed by atoms with van der Waals surface area (Å²) in [5.41, 5.74) is 0.557. The van der Waals surface area contributed by atoms with E-state index in [0.29, 0.717) is 18.0 Å². The second kappa shape index (κ2) is 7.55. The van der Waals surface area contributed by atoms with Gasteiger partial charge >= 0.3 is 5.97 Å². The molecule has 2 heterocycles. The molecular weight excluding hydrogens is 320 g/mol. The van der Waals surface area contributed by atoms with Crippen LogP contribution in [0.2, 0.25) is 0 Å². The van der Waals surface area contributed by atoms with Crippen molar-refractivity contribution < 1.29 is 14.3 Å². The van der Waals surface area contributed by atoms with Crippen LogP contribution in [0.25, 0.3) is 5.82 Å². The first-order valence-electron chi connectivity index (χ1n) is 8.61. The summed E-state index contributed by atoms with van der Waals surface area (Å²) in [4.78, 5) is 24.2. The molecular formula is C18H24N4O3. The number of aromatic nitrogens is 3. The second-order valence-electron chi connectivity index (χ2n) is 6.55. The Hall–Kier alpha value is -2.57. The molecule has 1 aliphatic carbocycles. The highest BCUT2D eigenvalue weighted by atomic mass is 16.5. The summed E-state index contributed by atoms with van der Waals surface area (Å²) in [5.74, 6) is 0.921. The van der Waals surface area contributed by atoms with Crippen LogP contribution in [0.3, 0.4) is 0 Å². The minimum atomic E-state index is -0.119. The van der Waals surface area contributed by atoms with E-state index in [4.69, 9.17) is 4.74 Å². The molecule has 2 aromatic heterocycles. The Bertz CT molecular complexity index is 728. The van der Waals surface area contributed by atoms with Gasteiger partial charge in [-0.05, 0) is 43.7 Å². The van der Waals surface area contributed by atoms with Gasteiger partial charge in [-0.1, -0.05) is 0 Å². The molecule has 0 aliphatic heterocycles. The second-order valence-corrected chi connectivity index (χ2v) is 6.55. The molecule has 7 nitrogen and oxygen atoms in total. The number of carbonyl (C=O) groups excluding carboxylic acids is 2. The fraction of sp³-hybridized carbons (Fsp3) is 0.500. The Kier molecular flexibility index (Phi) is 5.21. The first-order valence-corrected chi connectivity index (χ1v) is 8.61. The Labute approximate surface area is 147 Å². The van der Waals surface area contributed by atoms with Crippen molar-refractivity contribution in [1.82, 2.24) is 19.7 Å². The van der Waals surface area contributed by atoms with Gasteiger partial charge in [0.15, 0.2) is 0 Å². The van der Waals surface area contributed by atoms with Gasteiger partial charge in [0, 0.05) is 26.0 Å². The van der Waals surface area contributed by atoms with E-state index >= 15 is 0 Å². The maximum Gasteiger partial charge on any atom is 0.308 e. The summed E-state index contributed by atoms with van der Waals surface area (Å²) in [7, 11) is 3.26. The summed E-state index contributed by atoms with van der Waals surface area (Å²) in [5, 5.41) is 7.23. The molecule has 3 rings (SSSR count). The smallest absolute Gasteiger partial charge is 0.308 e. The third-order valence-electron chi connectivity index (χ3n) is 4.93. The maximum absolute atomic E-state index is 12.6. The van der Waals surface area contributed by atoms with Gasteiger partial charge in [0.05, 0.1) is 19.2 Å². The molecule has 1 saturated carbocycles. The van der Waals surface area contributed by atoms with Gasteiger partial charge in [-0.3, -0.25) is 14.3 Å². The molecule has 25 heavy (non-hydrogen) atoms. The van der Waals surface area contributed by atoms with Crippen molar-refractivity contribution in [3.8, 4) is 5.82 Å². The van der Waals surface area contributed by atoms with Crippen LogP contribution < -0.4 is 5.32 Å². The third kappa shape index (κ3) is 3.75. The Morgan fingerprint density at radius 1 is 1.24 bits per heavy atom. The first kappa shape index (κ1) is 17.3. The summed E-state index contributed by atoms with van der Waals surface area (Å²) < 4.78 is 8.38. The van der Waals surface area contributed by atoms with E-state index in [1.165, 1.54) is 7.11 Å². The quantitative estimate of drug-likeness (QED) is 0.841. The summed E-state index contributed by atoms with van der Waals surface area (Å²) >= 11 is 0. The number of ether oxygens (including phenoxy) is 1. The molecule has 1 aliphatic rings. The number of hydrogen-bond acceptors (Lipinski definition) is 4. The molecule has 0 aromatic carbocycles. The average Bonchev–Trinajstić information content (AvgIpc) is 3.28. The predicted molar refractivity (Wildman–Crippen MR) is 92.3 cm³/mol. The van der Waals surface area contributed by atoms with E-state index in [-0.39, 0.29) is 17.8 Å². The Morgan fingerprint density at radius 3 is 2.56 bits per heavy atom. The molecule has 0 saturated heterocycles. The molecule has 0 radical (unpaired) electrons. The highest BCUT2D eigenvalue weighted by Crippen LogP contribution is 2.29. The molecule has 1 amide bonds. The summed E-state index contributed by atoms with van der Waals surface area (Å²) in [6.07, 6.45) is 8.89. The van der Waals surface area contributed by atoms with Crippen molar-refractivity contribution in [2.45, 2.75) is 25.7 Å². The number of rotatable bonds is 5. The van der Waals surface area contributed by atoms with E-state index in [1.54, 1.807) is 10.9 Å². The zero-order valence-corrected chi connectivity index (χ0v) is 14.6. The Morgan fingerprint density at radius 2 is 1.92 bits per heavy atom. The van der Waals surface area contributed by atoms with Crippen LogP contribution in [0.5, 0.6) is 0 Å². The number of nitrogens with one attached hydrogen (secondary N) is 1. The summed E-state index contributed by atoms with van der Waals surface area (Å²) in [6.45, 7) is 0.618. The molecule has 134 valence electrons. The van der Waals surface area contributed by atoms with Gasteiger partial charge in [-0.15, -0.1) is 0 Å². The molecule has 0 unspecified atom stereocenters. The Balaban J connectivity index is 1.57. The van der Waals surface area contributed by atoms with Gasteiger partial charge in [0.1, 0.15) is 11.4 Å². The highest BCUT2D eigenvalue weighted by molar-refractivity contribution is 5.97. The lowest BCUT2D eigenvalue weighted by atomic mass is 9.82. The molecule has 0 bridgehead atoms. The van der Waals surface area contributed by atoms with Crippen LogP contribution in [0.4, 0.5) is 0 Å². The van der Waals surface area contributed by atoms with Crippen molar-refractivity contribution in [3.05, 3.63) is 36.3 Å². The van der Waals surface area contributed by atoms with Crippen LogP contribution in [0.1, 0.15) is 36.0 Å². The number of methoxy groups -OCH3 is 1. The fourth-order valence-electron chi connectivity index (χ4n) is 3.47. The van der Waals surface area contributed by atoms with Gasteiger partial charge in [0.25, 0.3) is 5.91 Å². The van der Waals surface area contributed by atoms with Gasteiger partial charge < -0.3 is 14.6 Å². The molecule has 0 spiro atoms. The molecule has 7 heteroatoms. The van der Waals surface area contributed by atoms with E-state index in [1.807, 2.05) is 36.1 Å². The number of esters is 1. The lowest BCUT2D eigenvalue weighted by Crippen LogP contribution is -2.33. The lowest BCUT2D eigenvalue weighted by molar-refractivity contribution is -0.146. The van der Waals surface area contributed by atoms with Crippen LogP contribution in [-0.2, 0) is 16.6 Å². The number of nitrogens with zero attached hydrogens (tertiary/aromatic N) is 3. The topological polar surface area (TPSA) is 78.2 Å². The van der Waals surface area contributed by atoms with Crippen molar-refractivity contribution >= 4 is 11.9 Å². The standard InChI is InChI=1S/C18H24N4O3/c1-21-17(22-9-3-4-10-22)15(12-20-21)16(23)19-11-13-5-7-14(8-6-13)18(24)25-2/h3-4,9-10,12-14H,5-8,11H2,1-2H3,(H,19,23). The maximum atomic E-state index is 12.6. The van der Waals surface area contributed by atoms with Crippen LogP contribution in [-0.4, -0.2) is 39.9 Å². The summed E-state index contributed by atoms with van der Waals surface area (Å²) in [6, 6.07) is 3.82. The highest BCUT2D eigenvalue weighted by Gasteiger charge is 2.27. The molecule has 1 N–H and O–H groups in total. The van der Waals surface area contributed by atoms with Crippen LogP contribution >= 0.6 is 0 Å². The van der Waals surface area contributed by atoms with E-state index in [0.717, 1.165) is 31.5 Å². The largest absolute Gasteiger partial charge is 0.469 e. The van der Waals surface area contributed by atoms with E-state index in [2.05, 4.69) is 10.4 Å². The zero-order chi connectivity index (χ0) is 17.8. The normalized spacial score (nSPS) is 20.2. The molecule has 1 fully saturated rings. The lowest BCUT2D eigenvalue weighted by Gasteiger charge is -2.26. The van der Waals surface area contributed by atoms with Gasteiger partial charge in [0.2, 0.25) is 0 Å². The van der Waals surface area contributed by atoms with Crippen LogP contribution in [0.15, 0.2) is 30.7 Å². The average molecular weight is 344 g/mol. The fourth-order valence-corrected chi connectivity index (χ4v) is 3.47. The minimum absolute atomic E-state index is 0.00983. The van der Waals surface area contributed by atoms with E-state index < -0.39 is 0 Å². The molecule has 2 aromatic rings. The monoisotopic (exact) mass is 344 g/mol. The number of aryl methyl sites for hydroxylation is 1. The number of amides is 1. The van der Waals surface area contributed by atoms with Crippen molar-refractivity contribution in [3.63, 3.8) is 0 Å². The number of carbonyl (C=O) groups is 2. The van der Waals surface area contributed by atoms with Crippen LogP contribution in [0, 0.1) is 11.8 Å². The molecule has 0 atom stereocenters. The third-order valence-corrected chi connectivity index (χ3v) is 4.93. The van der Waals surface area contributed by atoms with Crippen molar-refractivity contribution in [2.24, 2.45) is 18.9 Å². The predicted octanol–water partition coefficient (Wildman–Crippen LogP) is 1.92. The minimum Gasteiger partial charge on any atom is -0.469 e. The van der Waals surface area contributed by atoms with E-state index in [9.17, 15) is 9.59 Å². The SMILES string of the molecule is COC(=O)C1CCC(CNC(=O)c2cnn(C)c2-n2cccc2)CC1. The zero-order valence-electron chi connectivity index (χ0n) is 14.6. The number of hydrogen-bond donors (Lipinski definition) is 1.